The number of rotatable bonds is 4. The van der Waals surface area contributed by atoms with E-state index in [-0.39, 0.29) is 11.8 Å². The Hall–Kier alpha value is -1.89. The Morgan fingerprint density at radius 2 is 2.04 bits per heavy atom. The van der Waals surface area contributed by atoms with Gasteiger partial charge >= 0.3 is 0 Å². The fraction of sp³-hybridized carbons (Fsp3) is 0.524. The van der Waals surface area contributed by atoms with E-state index in [0.29, 0.717) is 16.6 Å². The van der Waals surface area contributed by atoms with Crippen LogP contribution in [0, 0.1) is 0 Å². The number of benzene rings is 1. The van der Waals surface area contributed by atoms with E-state index in [2.05, 4.69) is 23.8 Å². The molecule has 1 atom stereocenters. The minimum Gasteiger partial charge on any atom is -0.380 e. The van der Waals surface area contributed by atoms with Crippen LogP contribution in [-0.2, 0) is 4.74 Å². The van der Waals surface area contributed by atoms with Crippen molar-refractivity contribution in [3.63, 3.8) is 0 Å². The average molecular weight is 403 g/mol. The highest BCUT2D eigenvalue weighted by Crippen LogP contribution is 2.26. The lowest BCUT2D eigenvalue weighted by atomic mass is 10.0. The molecule has 2 aliphatic rings. The monoisotopic (exact) mass is 402 g/mol. The van der Waals surface area contributed by atoms with Gasteiger partial charge in [0.25, 0.3) is 5.91 Å². The van der Waals surface area contributed by atoms with E-state index in [9.17, 15) is 4.79 Å². The molecule has 4 rings (SSSR count). The van der Waals surface area contributed by atoms with Crippen LogP contribution < -0.4 is 0 Å². The molecule has 0 radical (unpaired) electrons. The summed E-state index contributed by atoms with van der Waals surface area (Å²) in [7, 11) is 0. The lowest BCUT2D eigenvalue weighted by Crippen LogP contribution is -2.52. The normalized spacial score (nSPS) is 20.9. The van der Waals surface area contributed by atoms with Crippen LogP contribution in [0.1, 0.15) is 42.2 Å². The summed E-state index contributed by atoms with van der Waals surface area (Å²) in [6.07, 6.45) is 2.80. The minimum atomic E-state index is 0.0688. The van der Waals surface area contributed by atoms with E-state index >= 15 is 0 Å². The maximum atomic E-state index is 13.3. The quantitative estimate of drug-likeness (QED) is 0.788. The second-order valence-corrected chi connectivity index (χ2v) is 8.27. The molecule has 1 amide bonds. The molecule has 0 unspecified atom stereocenters. The van der Waals surface area contributed by atoms with Crippen LogP contribution in [-0.4, -0.2) is 70.9 Å². The van der Waals surface area contributed by atoms with Gasteiger partial charge in [-0.1, -0.05) is 31.5 Å². The summed E-state index contributed by atoms with van der Waals surface area (Å²) < 4.78 is 7.35. The van der Waals surface area contributed by atoms with E-state index in [1.54, 1.807) is 6.20 Å². The number of amides is 1. The molecule has 0 aliphatic carbocycles. The first-order valence-electron chi connectivity index (χ1n) is 9.99. The molecular formula is C21H27ClN4O2. The Bertz CT molecular complexity index is 837. The second kappa shape index (κ2) is 8.23. The van der Waals surface area contributed by atoms with Gasteiger partial charge in [0.15, 0.2) is 0 Å². The smallest absolute Gasteiger partial charge is 0.257 e. The number of ether oxygens (including phenoxy) is 1. The molecule has 2 fully saturated rings. The zero-order chi connectivity index (χ0) is 19.7. The number of nitrogens with zero attached hydrogens (tertiary/aromatic N) is 4. The third-order valence-electron chi connectivity index (χ3n) is 5.66. The lowest BCUT2D eigenvalue weighted by molar-refractivity contribution is 0.0548. The van der Waals surface area contributed by atoms with Gasteiger partial charge in [0, 0.05) is 43.9 Å². The predicted octanol–water partition coefficient (Wildman–Crippen LogP) is 3.20. The van der Waals surface area contributed by atoms with Crippen molar-refractivity contribution in [2.24, 2.45) is 0 Å². The van der Waals surface area contributed by atoms with Gasteiger partial charge in [-0.15, -0.1) is 0 Å². The molecule has 3 heterocycles. The predicted molar refractivity (Wildman–Crippen MR) is 109 cm³/mol. The maximum Gasteiger partial charge on any atom is 0.257 e. The van der Waals surface area contributed by atoms with E-state index < -0.39 is 0 Å². The van der Waals surface area contributed by atoms with Crippen LogP contribution in [0.4, 0.5) is 0 Å². The van der Waals surface area contributed by atoms with Crippen molar-refractivity contribution in [2.45, 2.75) is 32.2 Å². The van der Waals surface area contributed by atoms with Crippen molar-refractivity contribution in [1.29, 1.82) is 0 Å². The van der Waals surface area contributed by atoms with Crippen molar-refractivity contribution in [2.75, 3.05) is 39.4 Å². The number of aromatic nitrogens is 2. The number of piperazine rings is 1. The van der Waals surface area contributed by atoms with Gasteiger partial charge in [-0.3, -0.25) is 9.69 Å². The molecule has 1 aromatic carbocycles. The first kappa shape index (κ1) is 19.4. The molecule has 0 N–H and O–H groups in total. The molecule has 2 aliphatic heterocycles. The summed E-state index contributed by atoms with van der Waals surface area (Å²) in [6, 6.07) is 8.08. The standard InChI is InChI=1S/C21H27ClN4O2/c1-15(2)20-19(13-23-26(20)17-5-3-4-16(22)12-17)21(27)25-9-7-24(8-10-25)18-6-11-28-14-18/h3-5,12-13,15,18H,6-11,14H2,1-2H3/t18-/m0/s1. The van der Waals surface area contributed by atoms with Crippen LogP contribution in [0.25, 0.3) is 5.69 Å². The van der Waals surface area contributed by atoms with Crippen molar-refractivity contribution >= 4 is 17.5 Å². The van der Waals surface area contributed by atoms with Gasteiger partial charge in [0.1, 0.15) is 0 Å². The fourth-order valence-electron chi connectivity index (χ4n) is 4.16. The lowest BCUT2D eigenvalue weighted by Gasteiger charge is -2.37. The largest absolute Gasteiger partial charge is 0.380 e. The highest BCUT2D eigenvalue weighted by Gasteiger charge is 2.31. The zero-order valence-electron chi connectivity index (χ0n) is 16.5. The van der Waals surface area contributed by atoms with Gasteiger partial charge in [-0.2, -0.15) is 5.10 Å². The number of hydrogen-bond acceptors (Lipinski definition) is 4. The topological polar surface area (TPSA) is 50.6 Å². The summed E-state index contributed by atoms with van der Waals surface area (Å²) >= 11 is 6.16. The number of hydrogen-bond donors (Lipinski definition) is 0. The zero-order valence-corrected chi connectivity index (χ0v) is 17.2. The third kappa shape index (κ3) is 3.81. The Morgan fingerprint density at radius 1 is 1.25 bits per heavy atom. The molecule has 1 aromatic heterocycles. The van der Waals surface area contributed by atoms with Crippen LogP contribution in [0.3, 0.4) is 0 Å². The van der Waals surface area contributed by atoms with Crippen molar-refractivity contribution in [1.82, 2.24) is 19.6 Å². The summed E-state index contributed by atoms with van der Waals surface area (Å²) in [5.74, 6) is 0.233. The van der Waals surface area contributed by atoms with Crippen LogP contribution >= 0.6 is 11.6 Å². The van der Waals surface area contributed by atoms with Gasteiger partial charge in [-0.05, 0) is 30.5 Å². The molecule has 28 heavy (non-hydrogen) atoms. The number of carbonyl (C=O) groups excluding carboxylic acids is 1. The molecule has 0 saturated carbocycles. The Kier molecular flexibility index (Phi) is 5.71. The number of carbonyl (C=O) groups is 1. The molecular weight excluding hydrogens is 376 g/mol. The SMILES string of the molecule is CC(C)c1c(C(=O)N2CCN([C@H]3CCOC3)CC2)cnn1-c1cccc(Cl)c1. The molecule has 0 spiro atoms. The maximum absolute atomic E-state index is 13.3. The molecule has 7 heteroatoms. The summed E-state index contributed by atoms with van der Waals surface area (Å²) in [4.78, 5) is 17.7. The van der Waals surface area contributed by atoms with Crippen LogP contribution in [0.5, 0.6) is 0 Å². The first-order valence-corrected chi connectivity index (χ1v) is 10.4. The van der Waals surface area contributed by atoms with E-state index in [4.69, 9.17) is 16.3 Å². The van der Waals surface area contributed by atoms with E-state index in [0.717, 1.165) is 57.2 Å². The molecule has 0 bridgehead atoms. The fourth-order valence-corrected chi connectivity index (χ4v) is 4.35. The average Bonchev–Trinajstić information content (AvgIpc) is 3.37. The van der Waals surface area contributed by atoms with Crippen LogP contribution in [0.15, 0.2) is 30.5 Å². The Balaban J connectivity index is 1.53. The Morgan fingerprint density at radius 3 is 2.68 bits per heavy atom. The molecule has 6 nitrogen and oxygen atoms in total. The van der Waals surface area contributed by atoms with E-state index in [1.807, 2.05) is 33.8 Å². The minimum absolute atomic E-state index is 0.0688. The number of halogens is 1. The second-order valence-electron chi connectivity index (χ2n) is 7.84. The summed E-state index contributed by atoms with van der Waals surface area (Å²) in [5, 5.41) is 5.18. The molecule has 2 aromatic rings. The highest BCUT2D eigenvalue weighted by molar-refractivity contribution is 6.30. The van der Waals surface area contributed by atoms with Crippen LogP contribution in [0.2, 0.25) is 5.02 Å². The Labute approximate surface area is 171 Å². The van der Waals surface area contributed by atoms with Gasteiger partial charge in [0.2, 0.25) is 0 Å². The van der Waals surface area contributed by atoms with E-state index in [1.165, 1.54) is 0 Å². The summed E-state index contributed by atoms with van der Waals surface area (Å²) in [6.45, 7) is 9.14. The summed E-state index contributed by atoms with van der Waals surface area (Å²) in [5.41, 5.74) is 2.49. The van der Waals surface area contributed by atoms with Gasteiger partial charge in [-0.25, -0.2) is 4.68 Å². The van der Waals surface area contributed by atoms with Gasteiger partial charge < -0.3 is 9.64 Å². The first-order chi connectivity index (χ1) is 13.5. The molecule has 150 valence electrons. The third-order valence-corrected chi connectivity index (χ3v) is 5.90. The van der Waals surface area contributed by atoms with Crippen molar-refractivity contribution < 1.29 is 9.53 Å². The van der Waals surface area contributed by atoms with Crippen molar-refractivity contribution in [3.8, 4) is 5.69 Å². The highest BCUT2D eigenvalue weighted by atomic mass is 35.5. The van der Waals surface area contributed by atoms with Gasteiger partial charge in [0.05, 0.1) is 29.7 Å². The van der Waals surface area contributed by atoms with Crippen molar-refractivity contribution in [3.05, 3.63) is 46.7 Å². The molecule has 2 saturated heterocycles.